The Bertz CT molecular complexity index is 1300. The Morgan fingerprint density at radius 3 is 2.47 bits per heavy atom. The molecule has 38 heavy (non-hydrogen) atoms. The normalized spacial score (nSPS) is 22.3. The van der Waals surface area contributed by atoms with Gasteiger partial charge in [-0.05, 0) is 101 Å². The van der Waals surface area contributed by atoms with Crippen molar-refractivity contribution in [3.8, 4) is 11.8 Å². The number of ketones is 1. The third kappa shape index (κ3) is 5.32. The van der Waals surface area contributed by atoms with Gasteiger partial charge in [-0.1, -0.05) is 13.8 Å². The van der Waals surface area contributed by atoms with Gasteiger partial charge in [-0.3, -0.25) is 4.79 Å². The van der Waals surface area contributed by atoms with Gasteiger partial charge in [-0.25, -0.2) is 4.79 Å². The van der Waals surface area contributed by atoms with E-state index in [1.165, 1.54) is 11.3 Å². The molecule has 3 aliphatic carbocycles. The number of carbonyl (C=O) groups excluding carboxylic acids is 2. The van der Waals surface area contributed by atoms with Gasteiger partial charge in [0.05, 0.1) is 11.3 Å². The molecule has 1 heterocycles. The van der Waals surface area contributed by atoms with E-state index in [0.29, 0.717) is 12.0 Å². The maximum atomic E-state index is 13.2. The summed E-state index contributed by atoms with van der Waals surface area (Å²) in [7, 11) is 0. The van der Waals surface area contributed by atoms with Gasteiger partial charge in [0.25, 0.3) is 0 Å². The highest BCUT2D eigenvalue weighted by Crippen LogP contribution is 2.43. The first-order chi connectivity index (χ1) is 17.9. The fourth-order valence-electron chi connectivity index (χ4n) is 6.50. The largest absolute Gasteiger partial charge is 0.444 e. The number of ether oxygens (including phenoxy) is 1. The van der Waals surface area contributed by atoms with E-state index in [9.17, 15) is 14.9 Å². The Kier molecular flexibility index (Phi) is 6.79. The van der Waals surface area contributed by atoms with Crippen LogP contribution in [0.1, 0.15) is 106 Å². The molecule has 0 spiro atoms. The van der Waals surface area contributed by atoms with E-state index in [-0.39, 0.29) is 29.4 Å². The van der Waals surface area contributed by atoms with Crippen molar-refractivity contribution in [1.82, 2.24) is 9.88 Å². The van der Waals surface area contributed by atoms with Gasteiger partial charge in [0, 0.05) is 41.1 Å². The zero-order chi connectivity index (χ0) is 27.2. The number of fused-ring (bicyclic) bond motifs is 3. The lowest BCUT2D eigenvalue weighted by Gasteiger charge is -2.32. The van der Waals surface area contributed by atoms with Crippen molar-refractivity contribution in [1.29, 1.82) is 5.26 Å². The minimum absolute atomic E-state index is 0.0619. The van der Waals surface area contributed by atoms with Crippen LogP contribution >= 0.6 is 0 Å². The number of hydrogen-bond acceptors (Lipinski definition) is 5. The number of carbonyl (C=O) groups is 2. The van der Waals surface area contributed by atoms with Crippen molar-refractivity contribution >= 4 is 17.6 Å². The highest BCUT2D eigenvalue weighted by atomic mass is 16.6. The molecule has 0 radical (unpaired) electrons. The number of rotatable bonds is 4. The zero-order valence-corrected chi connectivity index (χ0v) is 23.4. The van der Waals surface area contributed by atoms with Crippen LogP contribution in [-0.2, 0) is 24.0 Å². The number of Topliss-reactive ketones (excluding diaryl/α,β-unsaturated/α-hetero) is 1. The second-order valence-electron chi connectivity index (χ2n) is 13.1. The van der Waals surface area contributed by atoms with Gasteiger partial charge < -0.3 is 19.9 Å². The molecule has 1 aromatic carbocycles. The third-order valence-electron chi connectivity index (χ3n) is 8.07. The van der Waals surface area contributed by atoms with Crippen molar-refractivity contribution in [3.05, 3.63) is 46.3 Å². The van der Waals surface area contributed by atoms with E-state index in [1.807, 2.05) is 32.9 Å². The lowest BCUT2D eigenvalue weighted by atomic mass is 9.75. The van der Waals surface area contributed by atoms with E-state index in [4.69, 9.17) is 4.74 Å². The van der Waals surface area contributed by atoms with E-state index >= 15 is 0 Å². The number of aromatic nitrogens is 1. The maximum Gasteiger partial charge on any atom is 0.407 e. The standard InChI is InChI=1S/C31H40N4O3/c1-30(2,3)38-29(37)34-21-12-10-20(11-13-21)33-24-15-22(14-9-19(24)18-32)35-25-8-6-7-23(25)28-26(35)16-31(4,5)17-27(28)36/h9,14-15,20-21,33H,6-8,10-13,16-17H2,1-5H3,(H,34,37)/t20-,21-. The van der Waals surface area contributed by atoms with Crippen molar-refractivity contribution in [2.24, 2.45) is 5.41 Å². The van der Waals surface area contributed by atoms with Crippen LogP contribution in [0.4, 0.5) is 10.5 Å². The minimum atomic E-state index is -0.510. The van der Waals surface area contributed by atoms with Gasteiger partial charge in [0.15, 0.2) is 5.78 Å². The molecular formula is C31H40N4O3. The number of nitrogens with one attached hydrogen (secondary N) is 2. The number of benzene rings is 1. The molecule has 7 nitrogen and oxygen atoms in total. The van der Waals surface area contributed by atoms with Crippen molar-refractivity contribution in [2.75, 3.05) is 5.32 Å². The summed E-state index contributed by atoms with van der Waals surface area (Å²) in [5, 5.41) is 16.5. The van der Waals surface area contributed by atoms with E-state index in [0.717, 1.165) is 74.0 Å². The summed E-state index contributed by atoms with van der Waals surface area (Å²) in [5.41, 5.74) is 6.53. The lowest BCUT2D eigenvalue weighted by Crippen LogP contribution is -2.42. The van der Waals surface area contributed by atoms with Gasteiger partial charge >= 0.3 is 6.09 Å². The van der Waals surface area contributed by atoms with Gasteiger partial charge in [-0.2, -0.15) is 5.26 Å². The SMILES string of the molecule is CC1(C)CC(=O)c2c3c(n(-c4ccc(C#N)c(N[C@H]5CC[C@H](NC(=O)OC(C)(C)C)CC5)c4)c2C1)CCC3. The molecule has 5 rings (SSSR count). The molecule has 3 aliphatic rings. The van der Waals surface area contributed by atoms with Crippen molar-refractivity contribution < 1.29 is 14.3 Å². The Hall–Kier alpha value is -3.27. The molecule has 0 saturated heterocycles. The third-order valence-corrected chi connectivity index (χ3v) is 8.07. The monoisotopic (exact) mass is 516 g/mol. The topological polar surface area (TPSA) is 96.1 Å². The molecule has 1 fully saturated rings. The van der Waals surface area contributed by atoms with Crippen LogP contribution in [0.3, 0.4) is 0 Å². The number of amides is 1. The maximum absolute atomic E-state index is 13.2. The molecule has 1 aromatic heterocycles. The zero-order valence-electron chi connectivity index (χ0n) is 23.4. The fourth-order valence-corrected chi connectivity index (χ4v) is 6.50. The van der Waals surface area contributed by atoms with Crippen LogP contribution in [0.2, 0.25) is 0 Å². The highest BCUT2D eigenvalue weighted by Gasteiger charge is 2.39. The summed E-state index contributed by atoms with van der Waals surface area (Å²) in [6.45, 7) is 9.95. The Morgan fingerprint density at radius 2 is 1.79 bits per heavy atom. The molecule has 2 N–H and O–H groups in total. The first-order valence-electron chi connectivity index (χ1n) is 14.0. The van der Waals surface area contributed by atoms with E-state index in [1.54, 1.807) is 0 Å². The lowest BCUT2D eigenvalue weighted by molar-refractivity contribution is 0.0492. The van der Waals surface area contributed by atoms with Crippen LogP contribution in [-0.4, -0.2) is 34.1 Å². The summed E-state index contributed by atoms with van der Waals surface area (Å²) in [6, 6.07) is 8.68. The van der Waals surface area contributed by atoms with Crippen LogP contribution in [0.15, 0.2) is 18.2 Å². The highest BCUT2D eigenvalue weighted by molar-refractivity contribution is 6.01. The predicted molar refractivity (Wildman–Crippen MR) is 148 cm³/mol. The Balaban J connectivity index is 1.36. The summed E-state index contributed by atoms with van der Waals surface area (Å²) < 4.78 is 7.73. The molecule has 0 bridgehead atoms. The molecule has 7 heteroatoms. The predicted octanol–water partition coefficient (Wildman–Crippen LogP) is 6.24. The van der Waals surface area contributed by atoms with E-state index < -0.39 is 5.60 Å². The summed E-state index contributed by atoms with van der Waals surface area (Å²) in [4.78, 5) is 25.4. The molecular weight excluding hydrogens is 476 g/mol. The number of hydrogen-bond donors (Lipinski definition) is 2. The number of alkyl carbamates (subject to hydrolysis) is 1. The molecule has 202 valence electrons. The van der Waals surface area contributed by atoms with Crippen LogP contribution in [0, 0.1) is 16.7 Å². The molecule has 0 unspecified atom stereocenters. The van der Waals surface area contributed by atoms with Crippen molar-refractivity contribution in [2.45, 2.75) is 110 Å². The van der Waals surface area contributed by atoms with Gasteiger partial charge in [-0.15, -0.1) is 0 Å². The van der Waals surface area contributed by atoms with Crippen LogP contribution < -0.4 is 10.6 Å². The molecule has 0 aliphatic heterocycles. The summed E-state index contributed by atoms with van der Waals surface area (Å²) in [6.07, 6.45) is 7.64. The quantitative estimate of drug-likeness (QED) is 0.501. The van der Waals surface area contributed by atoms with Gasteiger partial charge in [0.2, 0.25) is 0 Å². The average Bonchev–Trinajstić information content (AvgIpc) is 3.38. The number of nitriles is 1. The smallest absolute Gasteiger partial charge is 0.407 e. The second-order valence-corrected chi connectivity index (χ2v) is 13.1. The number of anilines is 1. The molecule has 1 amide bonds. The molecule has 0 atom stereocenters. The number of nitrogens with zero attached hydrogens (tertiary/aromatic N) is 2. The molecule has 1 saturated carbocycles. The first-order valence-corrected chi connectivity index (χ1v) is 14.0. The van der Waals surface area contributed by atoms with Crippen LogP contribution in [0.5, 0.6) is 0 Å². The second kappa shape index (κ2) is 9.80. The summed E-state index contributed by atoms with van der Waals surface area (Å²) in [5.74, 6) is 0.275. The Morgan fingerprint density at radius 1 is 1.08 bits per heavy atom. The molecule has 2 aromatic rings. The van der Waals surface area contributed by atoms with E-state index in [2.05, 4.69) is 41.2 Å². The van der Waals surface area contributed by atoms with Crippen LogP contribution in [0.25, 0.3) is 5.69 Å². The first kappa shape index (κ1) is 26.3. The average molecular weight is 517 g/mol. The van der Waals surface area contributed by atoms with Crippen molar-refractivity contribution in [3.63, 3.8) is 0 Å². The fraction of sp³-hybridized carbons (Fsp3) is 0.581. The Labute approximate surface area is 225 Å². The minimum Gasteiger partial charge on any atom is -0.444 e. The van der Waals surface area contributed by atoms with Gasteiger partial charge in [0.1, 0.15) is 11.7 Å². The summed E-state index contributed by atoms with van der Waals surface area (Å²) >= 11 is 0.